The van der Waals surface area contributed by atoms with Crippen molar-refractivity contribution < 1.29 is 78.6 Å². The number of hydrogen-bond acceptors (Lipinski definition) is 19. The number of methoxy groups -OCH3 is 1. The van der Waals surface area contributed by atoms with E-state index in [0.29, 0.717) is 30.8 Å². The molecule has 470 valence electrons. The van der Waals surface area contributed by atoms with Gasteiger partial charge in [-0.15, -0.1) is 0 Å². The van der Waals surface area contributed by atoms with Gasteiger partial charge in [0.1, 0.15) is 49.9 Å². The van der Waals surface area contributed by atoms with Crippen LogP contribution < -0.4 is 63.1 Å². The van der Waals surface area contributed by atoms with E-state index in [2.05, 4.69) is 88.6 Å². The molecule has 0 spiro atoms. The molecule has 10 rings (SSSR count). The number of ether oxygens (including phenoxy) is 3. The monoisotopic (exact) mass is 1290 g/mol. The van der Waals surface area contributed by atoms with Crippen molar-refractivity contribution in [3.8, 4) is 0 Å². The number of carbonyl (C=O) groups is 4. The van der Waals surface area contributed by atoms with E-state index in [9.17, 15) is 19.2 Å². The standard InChI is InChI=1S/C31H39N5O2.C18H20ClN3O2.C7H7ClN2O2.C6H5ClN2O2.CH4O.Na.H2O/c1-35-16-18-36(19-17-35)21-24-12-10-23(11-13-24)20-26-14-15-27(30(32)33-26)31(37)34-28-8-5-9-29(28)38-22-25-6-3-2-4-7-25;19-16-10-9-13(17(20)22-16)18(23)21-14-7-4-8-15(14)24-11-12-5-2-1-3-6-12;1-12-7(11)4-2-3-5(8)10-6(4)9;7-4-2-1-3(6(10)11)5(8)9-4;1-2;;/h2-4,6-7,10-15,28-29H,5,8-9,16-22H2,1H3,(H2,32,33)(H,34,37);1-3,5-6,9-10,14-15H,4,7-8,11H2,(H2,20,22)(H,21,23);2-3H,1H3,(H2,9,10);1-2H,(H2,8,9)(H,10,11);2H,1H3;;1H2/q;;;;;+1;/p-1/t28-,29-;14-,15-;;;;;/m00...../s1. The molecule has 26 heteroatoms. The van der Waals surface area contributed by atoms with Gasteiger partial charge in [0.15, 0.2) is 0 Å². The number of aliphatic hydroxyl groups excluding tert-OH is 1. The number of aromatic carboxylic acids is 1. The van der Waals surface area contributed by atoms with Gasteiger partial charge in [0.05, 0.1) is 55.7 Å². The molecule has 1 saturated heterocycles. The van der Waals surface area contributed by atoms with Crippen LogP contribution in [-0.4, -0.2) is 141 Å². The Labute approximate surface area is 555 Å². The van der Waals surface area contributed by atoms with Gasteiger partial charge in [-0.3, -0.25) is 14.5 Å². The molecule has 2 aliphatic carbocycles. The largest absolute Gasteiger partial charge is 1.00 e. The molecule has 3 aliphatic rings. The second-order valence-electron chi connectivity index (χ2n) is 20.5. The predicted molar refractivity (Wildman–Crippen MR) is 340 cm³/mol. The zero-order chi connectivity index (χ0) is 62.8. The Morgan fingerprint density at radius 1 is 0.539 bits per heavy atom. The Balaban J connectivity index is 0.000000282. The summed E-state index contributed by atoms with van der Waals surface area (Å²) < 4.78 is 16.6. The zero-order valence-corrected chi connectivity index (χ0v) is 54.5. The molecular weight excluding hydrogens is 1210 g/mol. The van der Waals surface area contributed by atoms with Gasteiger partial charge >= 0.3 is 41.5 Å². The topological polar surface area (TPSA) is 353 Å². The number of hydrogen-bond donors (Lipinski definition) is 8. The third-order valence-electron chi connectivity index (χ3n) is 14.3. The molecule has 2 saturated carbocycles. The number of halogens is 3. The number of rotatable bonds is 16. The summed E-state index contributed by atoms with van der Waals surface area (Å²) in [5.41, 5.74) is 29.3. The summed E-state index contributed by atoms with van der Waals surface area (Å²) in [7, 11) is 4.45. The summed E-state index contributed by atoms with van der Waals surface area (Å²) in [5.74, 6) is -1.62. The van der Waals surface area contributed by atoms with E-state index in [1.165, 1.54) is 42.5 Å². The number of carbonyl (C=O) groups excluding carboxylic acids is 3. The maximum Gasteiger partial charge on any atom is 1.00 e. The number of nitrogens with zero attached hydrogens (tertiary/aromatic N) is 6. The number of pyridine rings is 4. The Morgan fingerprint density at radius 2 is 0.944 bits per heavy atom. The summed E-state index contributed by atoms with van der Waals surface area (Å²) >= 11 is 16.7. The van der Waals surface area contributed by atoms with Crippen LogP contribution in [0, 0.1) is 0 Å². The number of likely N-dealkylation sites (N-methyl/N-ethyl adjacent to an activating group) is 1. The summed E-state index contributed by atoms with van der Waals surface area (Å²) in [6.45, 7) is 6.57. The molecule has 89 heavy (non-hydrogen) atoms. The molecule has 22 nitrogen and oxygen atoms in total. The first-order chi connectivity index (χ1) is 41.9. The molecule has 4 aromatic heterocycles. The number of aliphatic hydroxyl groups is 1. The molecule has 13 N–H and O–H groups in total. The van der Waals surface area contributed by atoms with Crippen LogP contribution in [0.5, 0.6) is 0 Å². The Hall–Kier alpha value is -7.03. The van der Waals surface area contributed by atoms with Crippen LogP contribution in [-0.2, 0) is 40.4 Å². The molecule has 5 heterocycles. The van der Waals surface area contributed by atoms with Crippen molar-refractivity contribution in [2.75, 3.05) is 70.4 Å². The predicted octanol–water partition coefficient (Wildman–Crippen LogP) is 5.61. The van der Waals surface area contributed by atoms with Gasteiger partial charge in [0.2, 0.25) is 0 Å². The minimum absolute atomic E-state index is 0. The quantitative estimate of drug-likeness (QED) is 0.0331. The van der Waals surface area contributed by atoms with E-state index in [1.807, 2.05) is 54.6 Å². The fraction of sp³-hybridized carbons (Fsp3) is 0.333. The first-order valence-corrected chi connectivity index (χ1v) is 29.3. The van der Waals surface area contributed by atoms with E-state index < -0.39 is 11.9 Å². The number of carboxylic acids is 1. The molecule has 0 unspecified atom stereocenters. The maximum atomic E-state index is 13.0. The van der Waals surface area contributed by atoms with Crippen molar-refractivity contribution in [2.45, 2.75) is 89.0 Å². The second-order valence-corrected chi connectivity index (χ2v) is 21.7. The number of esters is 1. The number of benzene rings is 3. The smallest absolute Gasteiger partial charge is 0.870 e. The molecule has 0 bridgehead atoms. The number of piperazine rings is 1. The van der Waals surface area contributed by atoms with Crippen molar-refractivity contribution in [1.29, 1.82) is 0 Å². The molecule has 3 aromatic carbocycles. The number of nitrogen functional groups attached to an aromatic ring is 4. The summed E-state index contributed by atoms with van der Waals surface area (Å²) in [6, 6.07) is 41.3. The van der Waals surface area contributed by atoms with Crippen LogP contribution in [0.1, 0.15) is 108 Å². The number of carboxylic acid groups (broad SMARTS) is 1. The van der Waals surface area contributed by atoms with Crippen LogP contribution in [0.2, 0.25) is 15.5 Å². The molecule has 4 atom stereocenters. The van der Waals surface area contributed by atoms with E-state index in [0.717, 1.165) is 95.2 Å². The number of anilines is 4. The summed E-state index contributed by atoms with van der Waals surface area (Å²) in [6.07, 6.45) is 6.43. The second kappa shape index (κ2) is 38.5. The number of amides is 2. The van der Waals surface area contributed by atoms with Gasteiger partial charge in [-0.1, -0.05) is 120 Å². The van der Waals surface area contributed by atoms with Crippen molar-refractivity contribution >= 4 is 81.8 Å². The number of aromatic nitrogens is 4. The van der Waals surface area contributed by atoms with Crippen molar-refractivity contribution in [3.63, 3.8) is 0 Å². The average molecular weight is 1290 g/mol. The Bertz CT molecular complexity index is 3340. The van der Waals surface area contributed by atoms with Crippen LogP contribution >= 0.6 is 34.8 Å². The van der Waals surface area contributed by atoms with Gasteiger partial charge in [-0.05, 0) is 116 Å². The first kappa shape index (κ1) is 74.4. The van der Waals surface area contributed by atoms with E-state index in [-0.39, 0.29) is 121 Å². The van der Waals surface area contributed by atoms with E-state index in [1.54, 1.807) is 18.2 Å². The van der Waals surface area contributed by atoms with Gasteiger partial charge in [0, 0.05) is 51.9 Å². The molecule has 7 aromatic rings. The Kier molecular flexibility index (Phi) is 32.2. The van der Waals surface area contributed by atoms with Gasteiger partial charge in [0.25, 0.3) is 11.8 Å². The molecule has 1 aliphatic heterocycles. The van der Waals surface area contributed by atoms with Gasteiger partial charge < -0.3 is 68.4 Å². The Morgan fingerprint density at radius 3 is 1.36 bits per heavy atom. The van der Waals surface area contributed by atoms with Crippen molar-refractivity contribution in [2.24, 2.45) is 0 Å². The first-order valence-electron chi connectivity index (χ1n) is 28.1. The minimum Gasteiger partial charge on any atom is -0.870 e. The molecule has 2 amide bonds. The third-order valence-corrected chi connectivity index (χ3v) is 15.0. The van der Waals surface area contributed by atoms with Crippen LogP contribution in [0.25, 0.3) is 0 Å². The van der Waals surface area contributed by atoms with Gasteiger partial charge in [-0.2, -0.15) is 0 Å². The summed E-state index contributed by atoms with van der Waals surface area (Å²) in [4.78, 5) is 67.4. The zero-order valence-electron chi connectivity index (χ0n) is 50.2. The van der Waals surface area contributed by atoms with Gasteiger partial charge in [-0.25, -0.2) is 29.5 Å². The number of nitrogens with two attached hydrogens (primary N) is 4. The fourth-order valence-electron chi connectivity index (χ4n) is 9.68. The maximum absolute atomic E-state index is 13.0. The molecular formula is C63H76Cl3N12NaO10. The third kappa shape index (κ3) is 24.0. The minimum atomic E-state index is -1.10. The fourth-order valence-corrected chi connectivity index (χ4v) is 10.1. The van der Waals surface area contributed by atoms with Crippen molar-refractivity contribution in [3.05, 3.63) is 199 Å². The molecule has 3 fully saturated rings. The van der Waals surface area contributed by atoms with Crippen LogP contribution in [0.3, 0.4) is 0 Å². The summed E-state index contributed by atoms with van der Waals surface area (Å²) in [5, 5.41) is 22.4. The van der Waals surface area contributed by atoms with E-state index in [4.69, 9.17) is 77.4 Å². The normalized spacial score (nSPS) is 16.7. The van der Waals surface area contributed by atoms with Crippen molar-refractivity contribution in [1.82, 2.24) is 40.4 Å². The van der Waals surface area contributed by atoms with E-state index >= 15 is 0 Å². The SMILES string of the molecule is CN1CCN(Cc2ccc(Cc3ccc(C(=O)N[C@H]4CCC[C@@H]4OCc4ccccc4)c(N)n3)cc2)CC1.CO.COC(=O)c1ccc(Cl)nc1N.Nc1nc(Cl)ccc1C(=O)N[C@H]1CCC[C@@H]1OCc1ccccc1.Nc1nc(Cl)ccc1C(=O)O.[Na+].[OH-]. The van der Waals surface area contributed by atoms with Crippen LogP contribution in [0.15, 0.2) is 133 Å². The molecule has 0 radical (unpaired) electrons. The average Bonchev–Trinajstić information content (AvgIpc) is 3.89. The number of nitrogens with one attached hydrogen (secondary N) is 2. The van der Waals surface area contributed by atoms with Crippen LogP contribution in [0.4, 0.5) is 23.3 Å².